The highest BCUT2D eigenvalue weighted by Gasteiger charge is 2.29. The normalized spacial score (nSPS) is 13.1. The summed E-state index contributed by atoms with van der Waals surface area (Å²) in [5.41, 5.74) is 4.53. The second-order valence-electron chi connectivity index (χ2n) is 7.31. The zero-order valence-electron chi connectivity index (χ0n) is 17.5. The number of hydrogen-bond acceptors (Lipinski definition) is 5. The summed E-state index contributed by atoms with van der Waals surface area (Å²) in [7, 11) is 1.35. The minimum Gasteiger partial charge on any atom is -0.479 e. The number of amides is 2. The number of rotatable bonds is 9. The number of carboxylic acid groups (broad SMARTS) is 1. The number of alkyl carbamates (subject to hydrolysis) is 1. The van der Waals surface area contributed by atoms with Gasteiger partial charge in [-0.2, -0.15) is 0 Å². The Morgan fingerprint density at radius 2 is 1.65 bits per heavy atom. The number of ether oxygens (including phenoxy) is 1. The van der Waals surface area contributed by atoms with Gasteiger partial charge in [0.15, 0.2) is 6.61 Å². The SMILES string of the molecule is CCC(CNC(=O)OCC1c2ccccc2-c2ccccc21)C(=O)N(C)OCC(=O)O. The van der Waals surface area contributed by atoms with Crippen LogP contribution in [0.15, 0.2) is 48.5 Å². The molecule has 0 aliphatic heterocycles. The minimum atomic E-state index is -1.18. The van der Waals surface area contributed by atoms with Crippen molar-refractivity contribution >= 4 is 18.0 Å². The van der Waals surface area contributed by atoms with E-state index in [1.165, 1.54) is 7.05 Å². The van der Waals surface area contributed by atoms with Gasteiger partial charge in [-0.3, -0.25) is 9.63 Å². The van der Waals surface area contributed by atoms with Crippen molar-refractivity contribution in [3.05, 3.63) is 59.7 Å². The number of carbonyl (C=O) groups is 3. The van der Waals surface area contributed by atoms with Crippen molar-refractivity contribution in [3.8, 4) is 11.1 Å². The van der Waals surface area contributed by atoms with Crippen molar-refractivity contribution in [2.45, 2.75) is 19.3 Å². The van der Waals surface area contributed by atoms with Gasteiger partial charge >= 0.3 is 12.1 Å². The molecule has 0 radical (unpaired) electrons. The number of benzene rings is 2. The maximum absolute atomic E-state index is 12.4. The molecule has 2 aromatic rings. The van der Waals surface area contributed by atoms with Crippen molar-refractivity contribution < 1.29 is 29.1 Å². The van der Waals surface area contributed by atoms with E-state index in [-0.39, 0.29) is 19.1 Å². The van der Waals surface area contributed by atoms with Crippen LogP contribution in [0.5, 0.6) is 0 Å². The number of hydrogen-bond donors (Lipinski definition) is 2. The highest BCUT2D eigenvalue weighted by molar-refractivity contribution is 5.80. The topological polar surface area (TPSA) is 105 Å². The average molecular weight is 426 g/mol. The summed E-state index contributed by atoms with van der Waals surface area (Å²) < 4.78 is 5.47. The van der Waals surface area contributed by atoms with Crippen molar-refractivity contribution in [1.29, 1.82) is 0 Å². The number of hydroxylamine groups is 2. The Hall–Kier alpha value is -3.39. The fourth-order valence-electron chi connectivity index (χ4n) is 3.74. The molecule has 164 valence electrons. The van der Waals surface area contributed by atoms with Gasteiger partial charge in [0.25, 0.3) is 5.91 Å². The molecule has 0 heterocycles. The van der Waals surface area contributed by atoms with Crippen molar-refractivity contribution in [2.24, 2.45) is 5.92 Å². The predicted molar refractivity (Wildman–Crippen MR) is 113 cm³/mol. The highest BCUT2D eigenvalue weighted by Crippen LogP contribution is 2.44. The van der Waals surface area contributed by atoms with Gasteiger partial charge in [-0.25, -0.2) is 14.7 Å². The van der Waals surface area contributed by atoms with Gasteiger partial charge < -0.3 is 15.2 Å². The molecule has 8 heteroatoms. The molecular formula is C23H26N2O6. The first-order valence-electron chi connectivity index (χ1n) is 10.1. The van der Waals surface area contributed by atoms with Crippen molar-refractivity contribution in [1.82, 2.24) is 10.4 Å². The molecule has 0 bridgehead atoms. The van der Waals surface area contributed by atoms with E-state index >= 15 is 0 Å². The molecule has 8 nitrogen and oxygen atoms in total. The summed E-state index contributed by atoms with van der Waals surface area (Å²) in [6.07, 6.45) is -0.161. The van der Waals surface area contributed by atoms with Crippen LogP contribution in [0.25, 0.3) is 11.1 Å². The molecule has 0 fully saturated rings. The zero-order valence-corrected chi connectivity index (χ0v) is 17.5. The Balaban J connectivity index is 1.54. The van der Waals surface area contributed by atoms with E-state index < -0.39 is 30.5 Å². The number of nitrogens with one attached hydrogen (secondary N) is 1. The number of carbonyl (C=O) groups excluding carboxylic acids is 2. The lowest BCUT2D eigenvalue weighted by Crippen LogP contribution is -2.40. The molecule has 2 aromatic carbocycles. The molecule has 2 N–H and O–H groups in total. The summed E-state index contributed by atoms with van der Waals surface area (Å²) in [5, 5.41) is 12.2. The van der Waals surface area contributed by atoms with E-state index in [2.05, 4.69) is 17.4 Å². The lowest BCUT2D eigenvalue weighted by Gasteiger charge is -2.22. The summed E-state index contributed by atoms with van der Waals surface area (Å²) in [5.74, 6) is -2.19. The molecule has 1 atom stereocenters. The maximum Gasteiger partial charge on any atom is 0.407 e. The Bertz CT molecular complexity index is 915. The Morgan fingerprint density at radius 1 is 1.06 bits per heavy atom. The van der Waals surface area contributed by atoms with Gasteiger partial charge in [-0.15, -0.1) is 0 Å². The van der Waals surface area contributed by atoms with Gasteiger partial charge in [0.05, 0.1) is 5.92 Å². The van der Waals surface area contributed by atoms with E-state index in [0.29, 0.717) is 6.42 Å². The van der Waals surface area contributed by atoms with Crippen LogP contribution < -0.4 is 5.32 Å². The first kappa shape index (κ1) is 22.3. The second-order valence-corrected chi connectivity index (χ2v) is 7.31. The Kier molecular flexibility index (Phi) is 7.25. The third-order valence-electron chi connectivity index (χ3n) is 5.37. The molecule has 2 amide bonds. The van der Waals surface area contributed by atoms with Crippen LogP contribution in [-0.2, 0) is 19.2 Å². The summed E-state index contributed by atoms with van der Waals surface area (Å²) in [6.45, 7) is 1.44. The van der Waals surface area contributed by atoms with E-state index in [1.54, 1.807) is 6.92 Å². The average Bonchev–Trinajstić information content (AvgIpc) is 3.10. The number of carboxylic acids is 1. The third-order valence-corrected chi connectivity index (χ3v) is 5.37. The molecule has 1 aliphatic rings. The molecule has 1 aliphatic carbocycles. The molecule has 0 saturated heterocycles. The van der Waals surface area contributed by atoms with Gasteiger partial charge in [0, 0.05) is 19.5 Å². The molecule has 0 spiro atoms. The van der Waals surface area contributed by atoms with Crippen LogP contribution in [-0.4, -0.2) is 54.9 Å². The first-order chi connectivity index (χ1) is 14.9. The van der Waals surface area contributed by atoms with Crippen LogP contribution in [0.2, 0.25) is 0 Å². The van der Waals surface area contributed by atoms with E-state index in [4.69, 9.17) is 14.7 Å². The smallest absolute Gasteiger partial charge is 0.407 e. The lowest BCUT2D eigenvalue weighted by atomic mass is 9.98. The predicted octanol–water partition coefficient (Wildman–Crippen LogP) is 3.03. The number of nitrogens with zero attached hydrogens (tertiary/aromatic N) is 1. The van der Waals surface area contributed by atoms with Crippen LogP contribution in [0.3, 0.4) is 0 Å². The molecular weight excluding hydrogens is 400 g/mol. The van der Waals surface area contributed by atoms with Crippen molar-refractivity contribution in [2.75, 3.05) is 26.8 Å². The summed E-state index contributed by atoms with van der Waals surface area (Å²) in [6, 6.07) is 16.1. The second kappa shape index (κ2) is 10.1. The number of aliphatic carboxylic acids is 1. The largest absolute Gasteiger partial charge is 0.479 e. The molecule has 31 heavy (non-hydrogen) atoms. The van der Waals surface area contributed by atoms with Gasteiger partial charge in [0.1, 0.15) is 6.61 Å². The van der Waals surface area contributed by atoms with Crippen molar-refractivity contribution in [3.63, 3.8) is 0 Å². The maximum atomic E-state index is 12.4. The van der Waals surface area contributed by atoms with E-state index in [1.807, 2.05) is 36.4 Å². The molecule has 0 aromatic heterocycles. The van der Waals surface area contributed by atoms with Crippen LogP contribution >= 0.6 is 0 Å². The molecule has 1 unspecified atom stereocenters. The van der Waals surface area contributed by atoms with E-state index in [0.717, 1.165) is 27.3 Å². The van der Waals surface area contributed by atoms with Gasteiger partial charge in [-0.05, 0) is 28.7 Å². The standard InChI is InChI=1S/C23H26N2O6/c1-3-15(22(28)25(2)31-14-21(26)27)12-24-23(29)30-13-20-18-10-6-4-8-16(18)17-9-5-7-11-19(17)20/h4-11,15,20H,3,12-14H2,1-2H3,(H,24,29)(H,26,27). The minimum absolute atomic E-state index is 0.0442. The van der Waals surface area contributed by atoms with E-state index in [9.17, 15) is 14.4 Å². The fraction of sp³-hybridized carbons (Fsp3) is 0.348. The van der Waals surface area contributed by atoms with Crippen LogP contribution in [0.4, 0.5) is 4.79 Å². The first-order valence-corrected chi connectivity index (χ1v) is 10.1. The monoisotopic (exact) mass is 426 g/mol. The Morgan fingerprint density at radius 3 is 2.19 bits per heavy atom. The lowest BCUT2D eigenvalue weighted by molar-refractivity contribution is -0.189. The summed E-state index contributed by atoms with van der Waals surface area (Å²) >= 11 is 0. The van der Waals surface area contributed by atoms with Crippen LogP contribution in [0, 0.1) is 5.92 Å². The Labute approximate surface area is 180 Å². The molecule has 0 saturated carbocycles. The number of fused-ring (bicyclic) bond motifs is 3. The highest BCUT2D eigenvalue weighted by atomic mass is 16.7. The van der Waals surface area contributed by atoms with Crippen LogP contribution in [0.1, 0.15) is 30.4 Å². The third kappa shape index (κ3) is 5.21. The quantitative estimate of drug-likeness (QED) is 0.597. The van der Waals surface area contributed by atoms with Gasteiger partial charge in [0.2, 0.25) is 0 Å². The zero-order chi connectivity index (χ0) is 22.4. The fourth-order valence-corrected chi connectivity index (χ4v) is 3.74. The summed E-state index contributed by atoms with van der Waals surface area (Å²) in [4.78, 5) is 40.1. The molecule has 3 rings (SSSR count). The van der Waals surface area contributed by atoms with Gasteiger partial charge in [-0.1, -0.05) is 55.5 Å².